The van der Waals surface area contributed by atoms with Crippen LogP contribution in [0.2, 0.25) is 0 Å². The van der Waals surface area contributed by atoms with Crippen molar-refractivity contribution in [3.05, 3.63) is 48.0 Å². The smallest absolute Gasteiger partial charge is 0.227 e. The van der Waals surface area contributed by atoms with Gasteiger partial charge >= 0.3 is 0 Å². The molecule has 0 aliphatic carbocycles. The maximum atomic E-state index is 5.81. The SMILES string of the molecule is CCOc1cccc(-c2nc3ccc(CN)cc3o2)c1. The Balaban J connectivity index is 2.03. The van der Waals surface area contributed by atoms with Gasteiger partial charge in [-0.3, -0.25) is 0 Å². The molecule has 0 radical (unpaired) electrons. The van der Waals surface area contributed by atoms with Gasteiger partial charge in [0, 0.05) is 12.1 Å². The van der Waals surface area contributed by atoms with Crippen molar-refractivity contribution < 1.29 is 9.15 Å². The number of benzene rings is 2. The average molecular weight is 268 g/mol. The molecule has 0 unspecified atom stereocenters. The summed E-state index contributed by atoms with van der Waals surface area (Å²) in [6.07, 6.45) is 0. The highest BCUT2D eigenvalue weighted by molar-refractivity contribution is 5.77. The van der Waals surface area contributed by atoms with E-state index in [4.69, 9.17) is 14.9 Å². The largest absolute Gasteiger partial charge is 0.494 e. The Hall–Kier alpha value is -2.33. The number of fused-ring (bicyclic) bond motifs is 1. The van der Waals surface area contributed by atoms with E-state index >= 15 is 0 Å². The van der Waals surface area contributed by atoms with Crippen molar-refractivity contribution in [2.24, 2.45) is 5.73 Å². The number of hydrogen-bond donors (Lipinski definition) is 1. The van der Waals surface area contributed by atoms with Crippen LogP contribution in [0.3, 0.4) is 0 Å². The van der Waals surface area contributed by atoms with Crippen LogP contribution in [0.15, 0.2) is 46.9 Å². The van der Waals surface area contributed by atoms with Gasteiger partial charge in [0.15, 0.2) is 5.58 Å². The van der Waals surface area contributed by atoms with Crippen LogP contribution in [0.5, 0.6) is 5.75 Å². The molecular formula is C16H16N2O2. The minimum absolute atomic E-state index is 0.492. The van der Waals surface area contributed by atoms with Crippen molar-refractivity contribution in [1.82, 2.24) is 4.98 Å². The van der Waals surface area contributed by atoms with Gasteiger partial charge < -0.3 is 14.9 Å². The first-order chi connectivity index (χ1) is 9.80. The third kappa shape index (κ3) is 2.38. The highest BCUT2D eigenvalue weighted by Crippen LogP contribution is 2.27. The van der Waals surface area contributed by atoms with Gasteiger partial charge in [-0.15, -0.1) is 0 Å². The molecule has 3 rings (SSSR count). The number of ether oxygens (including phenoxy) is 1. The summed E-state index contributed by atoms with van der Waals surface area (Å²) in [5, 5.41) is 0. The standard InChI is InChI=1S/C16H16N2O2/c1-2-19-13-5-3-4-12(9-13)16-18-14-7-6-11(10-17)8-15(14)20-16/h3-9H,2,10,17H2,1H3. The zero-order valence-corrected chi connectivity index (χ0v) is 11.3. The average Bonchev–Trinajstić information content (AvgIpc) is 2.90. The molecule has 4 heteroatoms. The third-order valence-corrected chi connectivity index (χ3v) is 3.08. The molecule has 0 saturated carbocycles. The first-order valence-electron chi connectivity index (χ1n) is 6.63. The van der Waals surface area contributed by atoms with E-state index in [9.17, 15) is 0 Å². The number of oxazole rings is 1. The van der Waals surface area contributed by atoms with Gasteiger partial charge in [-0.25, -0.2) is 4.98 Å². The van der Waals surface area contributed by atoms with Crippen LogP contribution in [-0.2, 0) is 6.54 Å². The van der Waals surface area contributed by atoms with Crippen LogP contribution in [0.25, 0.3) is 22.6 Å². The fourth-order valence-electron chi connectivity index (χ4n) is 2.11. The van der Waals surface area contributed by atoms with Crippen molar-refractivity contribution in [3.63, 3.8) is 0 Å². The molecule has 1 aromatic heterocycles. The number of nitrogens with two attached hydrogens (primary N) is 1. The maximum Gasteiger partial charge on any atom is 0.227 e. The van der Waals surface area contributed by atoms with E-state index in [1.165, 1.54) is 0 Å². The fourth-order valence-corrected chi connectivity index (χ4v) is 2.11. The van der Waals surface area contributed by atoms with Crippen LogP contribution >= 0.6 is 0 Å². The molecular weight excluding hydrogens is 252 g/mol. The Kier molecular flexibility index (Phi) is 3.39. The van der Waals surface area contributed by atoms with E-state index in [1.807, 2.05) is 49.4 Å². The summed E-state index contributed by atoms with van der Waals surface area (Å²) in [5.41, 5.74) is 9.16. The summed E-state index contributed by atoms with van der Waals surface area (Å²) in [4.78, 5) is 4.50. The van der Waals surface area contributed by atoms with Gasteiger partial charge in [-0.1, -0.05) is 12.1 Å². The van der Waals surface area contributed by atoms with Crippen LogP contribution in [0, 0.1) is 0 Å². The van der Waals surface area contributed by atoms with Gasteiger partial charge in [-0.05, 0) is 42.8 Å². The molecule has 4 nitrogen and oxygen atoms in total. The summed E-state index contributed by atoms with van der Waals surface area (Å²) in [5.74, 6) is 1.41. The summed E-state index contributed by atoms with van der Waals surface area (Å²) in [6, 6.07) is 13.6. The van der Waals surface area contributed by atoms with Crippen molar-refractivity contribution in [1.29, 1.82) is 0 Å². The monoisotopic (exact) mass is 268 g/mol. The summed E-state index contributed by atoms with van der Waals surface area (Å²) >= 11 is 0. The second kappa shape index (κ2) is 5.35. The van der Waals surface area contributed by atoms with Crippen molar-refractivity contribution in [2.75, 3.05) is 6.61 Å². The van der Waals surface area contributed by atoms with Gasteiger partial charge in [0.25, 0.3) is 0 Å². The lowest BCUT2D eigenvalue weighted by atomic mass is 10.2. The minimum atomic E-state index is 0.492. The van der Waals surface area contributed by atoms with Gasteiger partial charge in [0.1, 0.15) is 11.3 Å². The van der Waals surface area contributed by atoms with E-state index in [-0.39, 0.29) is 0 Å². The number of aromatic nitrogens is 1. The number of hydrogen-bond acceptors (Lipinski definition) is 4. The van der Waals surface area contributed by atoms with Crippen molar-refractivity contribution in [3.8, 4) is 17.2 Å². The van der Waals surface area contributed by atoms with Crippen molar-refractivity contribution >= 4 is 11.1 Å². The molecule has 2 aromatic carbocycles. The maximum absolute atomic E-state index is 5.81. The Labute approximate surface area is 117 Å². The van der Waals surface area contributed by atoms with Gasteiger partial charge in [0.05, 0.1) is 6.61 Å². The summed E-state index contributed by atoms with van der Waals surface area (Å²) in [7, 11) is 0. The van der Waals surface area contributed by atoms with Crippen LogP contribution in [-0.4, -0.2) is 11.6 Å². The van der Waals surface area contributed by atoms with Gasteiger partial charge in [-0.2, -0.15) is 0 Å². The van der Waals surface area contributed by atoms with E-state index in [1.54, 1.807) is 0 Å². The molecule has 102 valence electrons. The zero-order chi connectivity index (χ0) is 13.9. The number of rotatable bonds is 4. The molecule has 0 fully saturated rings. The molecule has 0 amide bonds. The van der Waals surface area contributed by atoms with Crippen molar-refractivity contribution in [2.45, 2.75) is 13.5 Å². The fraction of sp³-hybridized carbons (Fsp3) is 0.188. The minimum Gasteiger partial charge on any atom is -0.494 e. The van der Waals surface area contributed by atoms with Gasteiger partial charge in [0.2, 0.25) is 5.89 Å². The lowest BCUT2D eigenvalue weighted by molar-refractivity contribution is 0.340. The number of nitrogens with zero attached hydrogens (tertiary/aromatic N) is 1. The topological polar surface area (TPSA) is 61.3 Å². The molecule has 0 spiro atoms. The Bertz CT molecular complexity index is 734. The first-order valence-corrected chi connectivity index (χ1v) is 6.63. The molecule has 0 atom stereocenters. The molecule has 0 aliphatic rings. The quantitative estimate of drug-likeness (QED) is 0.788. The molecule has 2 N–H and O–H groups in total. The summed E-state index contributed by atoms with van der Waals surface area (Å²) in [6.45, 7) is 3.09. The second-order valence-corrected chi connectivity index (χ2v) is 4.49. The van der Waals surface area contributed by atoms with Crippen LogP contribution in [0.4, 0.5) is 0 Å². The predicted octanol–water partition coefficient (Wildman–Crippen LogP) is 3.35. The molecule has 0 aliphatic heterocycles. The second-order valence-electron chi connectivity index (χ2n) is 4.49. The Morgan fingerprint density at radius 2 is 2.10 bits per heavy atom. The summed E-state index contributed by atoms with van der Waals surface area (Å²) < 4.78 is 11.3. The molecule has 1 heterocycles. The first kappa shape index (κ1) is 12.7. The van der Waals surface area contributed by atoms with E-state index in [0.29, 0.717) is 19.0 Å². The molecule has 3 aromatic rings. The normalized spacial score (nSPS) is 10.9. The highest BCUT2D eigenvalue weighted by Gasteiger charge is 2.09. The Morgan fingerprint density at radius 1 is 1.20 bits per heavy atom. The van der Waals surface area contributed by atoms with Crippen LogP contribution < -0.4 is 10.5 Å². The molecule has 20 heavy (non-hydrogen) atoms. The lowest BCUT2D eigenvalue weighted by Crippen LogP contribution is -1.94. The van der Waals surface area contributed by atoms with E-state index < -0.39 is 0 Å². The lowest BCUT2D eigenvalue weighted by Gasteiger charge is -2.03. The van der Waals surface area contributed by atoms with Crippen LogP contribution in [0.1, 0.15) is 12.5 Å². The molecule has 0 bridgehead atoms. The van der Waals surface area contributed by atoms with E-state index in [0.717, 1.165) is 28.0 Å². The zero-order valence-electron chi connectivity index (χ0n) is 11.3. The predicted molar refractivity (Wildman–Crippen MR) is 78.5 cm³/mol. The Morgan fingerprint density at radius 3 is 2.90 bits per heavy atom. The highest BCUT2D eigenvalue weighted by atomic mass is 16.5. The third-order valence-electron chi connectivity index (χ3n) is 3.08. The van der Waals surface area contributed by atoms with E-state index in [2.05, 4.69) is 4.98 Å². The molecule has 0 saturated heterocycles.